The predicted molar refractivity (Wildman–Crippen MR) is 110 cm³/mol. The Morgan fingerprint density at radius 1 is 0.897 bits per heavy atom. The van der Waals surface area contributed by atoms with Gasteiger partial charge in [0, 0.05) is 19.5 Å². The van der Waals surface area contributed by atoms with Crippen molar-refractivity contribution in [1.82, 2.24) is 4.31 Å². The van der Waals surface area contributed by atoms with E-state index in [4.69, 9.17) is 9.47 Å². The summed E-state index contributed by atoms with van der Waals surface area (Å²) in [7, 11) is -3.45. The first-order chi connectivity index (χ1) is 14.1. The fourth-order valence-electron chi connectivity index (χ4n) is 3.20. The van der Waals surface area contributed by atoms with E-state index in [1.165, 1.54) is 4.31 Å². The quantitative estimate of drug-likeness (QED) is 0.462. The Labute approximate surface area is 172 Å². The zero-order chi connectivity index (χ0) is 20.5. The summed E-state index contributed by atoms with van der Waals surface area (Å²) >= 11 is 0. The second kappa shape index (κ2) is 10.4. The van der Waals surface area contributed by atoms with Crippen molar-refractivity contribution in [3.63, 3.8) is 0 Å². The van der Waals surface area contributed by atoms with Crippen molar-refractivity contribution in [3.05, 3.63) is 60.2 Å². The zero-order valence-corrected chi connectivity index (χ0v) is 17.3. The van der Waals surface area contributed by atoms with Crippen LogP contribution in [0.1, 0.15) is 31.2 Å². The topological polar surface area (TPSA) is 72.9 Å². The first kappa shape index (κ1) is 21.3. The number of sulfonamides is 1. The fourth-order valence-corrected chi connectivity index (χ4v) is 4.72. The second-order valence-corrected chi connectivity index (χ2v) is 8.96. The smallest absolute Gasteiger partial charge is 0.310 e. The van der Waals surface area contributed by atoms with Crippen molar-refractivity contribution in [3.8, 4) is 5.75 Å². The molecule has 156 valence electrons. The number of hydrogen-bond donors (Lipinski definition) is 0. The van der Waals surface area contributed by atoms with Crippen molar-refractivity contribution in [2.45, 2.75) is 37.0 Å². The number of carbonyl (C=O) groups excluding carboxylic acids is 1. The van der Waals surface area contributed by atoms with Gasteiger partial charge in [0.2, 0.25) is 10.0 Å². The summed E-state index contributed by atoms with van der Waals surface area (Å²) in [5.41, 5.74) is 0.730. The molecule has 0 spiro atoms. The maximum Gasteiger partial charge on any atom is 0.310 e. The van der Waals surface area contributed by atoms with Crippen LogP contribution in [0.15, 0.2) is 59.5 Å². The van der Waals surface area contributed by atoms with E-state index in [2.05, 4.69) is 0 Å². The van der Waals surface area contributed by atoms with E-state index in [0.717, 1.165) is 30.6 Å². The standard InChI is InChI=1S/C22H27NO5S/c24-22(28-17-7-16-27-20-8-3-1-4-9-20)18-19-10-12-21(13-11-19)29(25,26)23-14-5-2-6-15-23/h1,3-4,8-13H,2,5-7,14-18H2. The SMILES string of the molecule is O=C(Cc1ccc(S(=O)(=O)N2CCCCC2)cc1)OCCCOc1ccccc1. The van der Waals surface area contributed by atoms with E-state index in [0.29, 0.717) is 26.1 Å². The molecule has 1 fully saturated rings. The van der Waals surface area contributed by atoms with Crippen LogP contribution < -0.4 is 4.74 Å². The molecular weight excluding hydrogens is 390 g/mol. The number of para-hydroxylation sites is 1. The lowest BCUT2D eigenvalue weighted by Crippen LogP contribution is -2.35. The van der Waals surface area contributed by atoms with Crippen LogP contribution in [0, 0.1) is 0 Å². The van der Waals surface area contributed by atoms with Crippen LogP contribution in [0.4, 0.5) is 0 Å². The van der Waals surface area contributed by atoms with Crippen LogP contribution in [0.5, 0.6) is 5.75 Å². The van der Waals surface area contributed by atoms with Crippen LogP contribution in [-0.4, -0.2) is 45.0 Å². The highest BCUT2D eigenvalue weighted by Gasteiger charge is 2.25. The first-order valence-corrected chi connectivity index (χ1v) is 11.4. The highest BCUT2D eigenvalue weighted by molar-refractivity contribution is 7.89. The van der Waals surface area contributed by atoms with E-state index >= 15 is 0 Å². The van der Waals surface area contributed by atoms with E-state index in [1.54, 1.807) is 24.3 Å². The summed E-state index contributed by atoms with van der Waals surface area (Å²) in [5, 5.41) is 0. The highest BCUT2D eigenvalue weighted by atomic mass is 32.2. The summed E-state index contributed by atoms with van der Waals surface area (Å²) in [4.78, 5) is 12.3. The van der Waals surface area contributed by atoms with Crippen molar-refractivity contribution in [1.29, 1.82) is 0 Å². The normalized spacial score (nSPS) is 15.0. The first-order valence-electron chi connectivity index (χ1n) is 9.98. The lowest BCUT2D eigenvalue weighted by atomic mass is 10.1. The Morgan fingerprint density at radius 2 is 1.59 bits per heavy atom. The molecule has 1 saturated heterocycles. The minimum absolute atomic E-state index is 0.115. The minimum Gasteiger partial charge on any atom is -0.493 e. The van der Waals surface area contributed by atoms with Crippen LogP contribution >= 0.6 is 0 Å². The van der Waals surface area contributed by atoms with Gasteiger partial charge in [0.05, 0.1) is 24.5 Å². The lowest BCUT2D eigenvalue weighted by molar-refractivity contribution is -0.143. The average molecular weight is 418 g/mol. The number of benzene rings is 2. The van der Waals surface area contributed by atoms with Gasteiger partial charge in [0.15, 0.2) is 0 Å². The molecule has 1 aliphatic rings. The molecule has 2 aromatic rings. The van der Waals surface area contributed by atoms with Crippen LogP contribution in [-0.2, 0) is 26.0 Å². The van der Waals surface area contributed by atoms with Crippen LogP contribution in [0.2, 0.25) is 0 Å². The van der Waals surface area contributed by atoms with Crippen molar-refractivity contribution in [2.24, 2.45) is 0 Å². The van der Waals surface area contributed by atoms with Gasteiger partial charge in [-0.3, -0.25) is 4.79 Å². The Balaban J connectivity index is 1.41. The highest BCUT2D eigenvalue weighted by Crippen LogP contribution is 2.21. The molecule has 0 saturated carbocycles. The molecule has 0 N–H and O–H groups in total. The number of nitrogens with zero attached hydrogens (tertiary/aromatic N) is 1. The number of hydrogen-bond acceptors (Lipinski definition) is 5. The van der Waals surface area contributed by atoms with Gasteiger partial charge in [-0.1, -0.05) is 36.8 Å². The molecule has 7 heteroatoms. The van der Waals surface area contributed by atoms with Gasteiger partial charge in [0.1, 0.15) is 5.75 Å². The molecule has 0 atom stereocenters. The number of rotatable bonds is 9. The summed E-state index contributed by atoms with van der Waals surface area (Å²) in [6.07, 6.45) is 3.60. The van der Waals surface area contributed by atoms with Gasteiger partial charge in [-0.25, -0.2) is 8.42 Å². The third-order valence-electron chi connectivity index (χ3n) is 4.79. The molecule has 0 aliphatic carbocycles. The number of carbonyl (C=O) groups is 1. The maximum atomic E-state index is 12.6. The summed E-state index contributed by atoms with van der Waals surface area (Å²) < 4.78 is 37.6. The summed E-state index contributed by atoms with van der Waals surface area (Å²) in [6.45, 7) is 1.90. The Bertz CT molecular complexity index is 875. The predicted octanol–water partition coefficient (Wildman–Crippen LogP) is 3.42. The largest absolute Gasteiger partial charge is 0.493 e. The number of ether oxygens (including phenoxy) is 2. The monoisotopic (exact) mass is 417 g/mol. The molecule has 0 aromatic heterocycles. The molecule has 0 bridgehead atoms. The van der Waals surface area contributed by atoms with Crippen molar-refractivity contribution >= 4 is 16.0 Å². The van der Waals surface area contributed by atoms with Gasteiger partial charge < -0.3 is 9.47 Å². The van der Waals surface area contributed by atoms with E-state index in [9.17, 15) is 13.2 Å². The van der Waals surface area contributed by atoms with E-state index in [-0.39, 0.29) is 23.9 Å². The van der Waals surface area contributed by atoms with Crippen molar-refractivity contribution < 1.29 is 22.7 Å². The third kappa shape index (κ3) is 6.30. The van der Waals surface area contributed by atoms with Crippen LogP contribution in [0.25, 0.3) is 0 Å². The van der Waals surface area contributed by atoms with Gasteiger partial charge in [0.25, 0.3) is 0 Å². The average Bonchev–Trinajstić information content (AvgIpc) is 2.75. The molecule has 2 aromatic carbocycles. The van der Waals surface area contributed by atoms with Gasteiger partial charge in [-0.15, -0.1) is 0 Å². The van der Waals surface area contributed by atoms with Crippen LogP contribution in [0.3, 0.4) is 0 Å². The molecule has 29 heavy (non-hydrogen) atoms. The van der Waals surface area contributed by atoms with E-state index in [1.807, 2.05) is 30.3 Å². The second-order valence-electron chi connectivity index (χ2n) is 7.02. The Kier molecular flexibility index (Phi) is 7.66. The maximum absolute atomic E-state index is 12.6. The third-order valence-corrected chi connectivity index (χ3v) is 6.70. The summed E-state index contributed by atoms with van der Waals surface area (Å²) in [5.74, 6) is 0.453. The Hall–Kier alpha value is -2.38. The molecular formula is C22H27NO5S. The molecule has 0 unspecified atom stereocenters. The lowest BCUT2D eigenvalue weighted by Gasteiger charge is -2.25. The molecule has 1 aliphatic heterocycles. The van der Waals surface area contributed by atoms with E-state index < -0.39 is 10.0 Å². The zero-order valence-electron chi connectivity index (χ0n) is 16.5. The van der Waals surface area contributed by atoms with Gasteiger partial charge in [-0.2, -0.15) is 4.31 Å². The molecule has 3 rings (SSSR count). The number of piperidine rings is 1. The summed E-state index contributed by atoms with van der Waals surface area (Å²) in [6, 6.07) is 16.0. The number of esters is 1. The van der Waals surface area contributed by atoms with Crippen molar-refractivity contribution in [2.75, 3.05) is 26.3 Å². The Morgan fingerprint density at radius 3 is 2.28 bits per heavy atom. The molecule has 1 heterocycles. The fraction of sp³-hybridized carbons (Fsp3) is 0.409. The van der Waals surface area contributed by atoms with Gasteiger partial charge in [-0.05, 0) is 42.7 Å². The molecule has 0 amide bonds. The molecule has 6 nitrogen and oxygen atoms in total. The minimum atomic E-state index is -3.45. The molecule has 0 radical (unpaired) electrons. The van der Waals surface area contributed by atoms with Gasteiger partial charge >= 0.3 is 5.97 Å².